The first-order chi connectivity index (χ1) is 7.98. The van der Waals surface area contributed by atoms with Gasteiger partial charge in [0.1, 0.15) is 0 Å². The topological polar surface area (TPSA) is 29.5 Å². The van der Waals surface area contributed by atoms with Gasteiger partial charge >= 0.3 is 0 Å². The predicted molar refractivity (Wildman–Crippen MR) is 72.8 cm³/mol. The quantitative estimate of drug-likeness (QED) is 0.803. The van der Waals surface area contributed by atoms with Crippen molar-refractivity contribution in [2.24, 2.45) is 0 Å². The second-order valence-corrected chi connectivity index (χ2v) is 6.61. The van der Waals surface area contributed by atoms with Crippen molar-refractivity contribution in [3.63, 3.8) is 0 Å². The van der Waals surface area contributed by atoms with Crippen LogP contribution >= 0.6 is 27.3 Å². The molecule has 0 bridgehead atoms. The van der Waals surface area contributed by atoms with Gasteiger partial charge in [-0.25, -0.2) is 0 Å². The zero-order chi connectivity index (χ0) is 12.5. The highest BCUT2D eigenvalue weighted by molar-refractivity contribution is 9.10. The Kier molecular flexibility index (Phi) is 4.02. The van der Waals surface area contributed by atoms with Gasteiger partial charge in [-0.1, -0.05) is 0 Å². The van der Waals surface area contributed by atoms with E-state index >= 15 is 0 Å². The molecule has 2 heterocycles. The lowest BCUT2D eigenvalue weighted by atomic mass is 10.1. The maximum Gasteiger partial charge on any atom is 0.187 e. The Morgan fingerprint density at radius 2 is 2.41 bits per heavy atom. The van der Waals surface area contributed by atoms with E-state index in [0.29, 0.717) is 13.2 Å². The number of ether oxygens (including phenoxy) is 1. The van der Waals surface area contributed by atoms with Gasteiger partial charge in [-0.05, 0) is 41.2 Å². The minimum Gasteiger partial charge on any atom is -0.373 e. The first kappa shape index (κ1) is 13.2. The molecule has 0 N–H and O–H groups in total. The molecule has 3 nitrogen and oxygen atoms in total. The Balaban J connectivity index is 1.98. The van der Waals surface area contributed by atoms with Gasteiger partial charge in [-0.2, -0.15) is 0 Å². The number of carbonyl (C=O) groups excluding carboxylic acids is 1. The van der Waals surface area contributed by atoms with E-state index < -0.39 is 0 Å². The number of nitrogens with zero attached hydrogens (tertiary/aromatic N) is 1. The molecule has 5 heteroatoms. The summed E-state index contributed by atoms with van der Waals surface area (Å²) in [7, 11) is 0. The van der Waals surface area contributed by atoms with Crippen molar-refractivity contribution >= 4 is 33.0 Å². The number of rotatable bonds is 3. The molecule has 1 saturated heterocycles. The monoisotopic (exact) mass is 317 g/mol. The van der Waals surface area contributed by atoms with Gasteiger partial charge in [0.2, 0.25) is 0 Å². The average molecular weight is 318 g/mol. The van der Waals surface area contributed by atoms with Gasteiger partial charge in [-0.3, -0.25) is 9.69 Å². The average Bonchev–Trinajstić information content (AvgIpc) is 2.62. The van der Waals surface area contributed by atoms with Crippen LogP contribution in [-0.2, 0) is 4.74 Å². The number of hydrogen-bond donors (Lipinski definition) is 0. The zero-order valence-electron chi connectivity index (χ0n) is 10.0. The summed E-state index contributed by atoms with van der Waals surface area (Å²) < 4.78 is 6.53. The van der Waals surface area contributed by atoms with Crippen molar-refractivity contribution < 1.29 is 9.53 Å². The van der Waals surface area contributed by atoms with Crippen LogP contribution < -0.4 is 0 Å². The van der Waals surface area contributed by atoms with E-state index in [1.165, 1.54) is 11.3 Å². The number of halogens is 1. The van der Waals surface area contributed by atoms with E-state index in [9.17, 15) is 4.79 Å². The van der Waals surface area contributed by atoms with Gasteiger partial charge < -0.3 is 4.74 Å². The Morgan fingerprint density at radius 1 is 1.65 bits per heavy atom. The largest absolute Gasteiger partial charge is 0.373 e. The highest BCUT2D eigenvalue weighted by atomic mass is 79.9. The van der Waals surface area contributed by atoms with E-state index in [0.717, 1.165) is 22.4 Å². The molecular formula is C12H16BrNO2S. The molecular weight excluding hydrogens is 302 g/mol. The third-order valence-electron chi connectivity index (χ3n) is 2.74. The van der Waals surface area contributed by atoms with Gasteiger partial charge in [0.25, 0.3) is 0 Å². The molecule has 0 atom stereocenters. The lowest BCUT2D eigenvalue weighted by molar-refractivity contribution is -0.0832. The summed E-state index contributed by atoms with van der Waals surface area (Å²) in [5, 5.41) is 1.93. The number of Topliss-reactive ketones (excluding diaryl/α,β-unsaturated/α-hetero) is 1. The van der Waals surface area contributed by atoms with E-state index in [1.807, 2.05) is 11.4 Å². The van der Waals surface area contributed by atoms with Crippen LogP contribution in [0.15, 0.2) is 15.9 Å². The minimum atomic E-state index is -0.148. The Bertz CT molecular complexity index is 416. The van der Waals surface area contributed by atoms with Crippen LogP contribution in [0.3, 0.4) is 0 Å². The molecule has 0 unspecified atom stereocenters. The molecule has 1 aliphatic heterocycles. The smallest absolute Gasteiger partial charge is 0.187 e. The van der Waals surface area contributed by atoms with Crippen LogP contribution in [0.5, 0.6) is 0 Å². The first-order valence-electron chi connectivity index (χ1n) is 5.60. The minimum absolute atomic E-state index is 0.148. The van der Waals surface area contributed by atoms with Crippen molar-refractivity contribution in [1.29, 1.82) is 0 Å². The third-order valence-corrected chi connectivity index (χ3v) is 4.62. The SMILES string of the molecule is CC1(C)CN(CC(=O)c2sccc2Br)CCO1. The molecule has 0 amide bonds. The summed E-state index contributed by atoms with van der Waals surface area (Å²) in [4.78, 5) is 15.1. The lowest BCUT2D eigenvalue weighted by Gasteiger charge is -2.37. The molecule has 0 saturated carbocycles. The normalized spacial score (nSPS) is 20.4. The molecule has 0 spiro atoms. The van der Waals surface area contributed by atoms with Crippen molar-refractivity contribution in [3.8, 4) is 0 Å². The lowest BCUT2D eigenvalue weighted by Crippen LogP contribution is -2.49. The van der Waals surface area contributed by atoms with Crippen molar-refractivity contribution in [2.75, 3.05) is 26.2 Å². The number of morpholine rings is 1. The molecule has 1 aromatic heterocycles. The Hall–Kier alpha value is -0.230. The molecule has 17 heavy (non-hydrogen) atoms. The fourth-order valence-electron chi connectivity index (χ4n) is 2.02. The molecule has 0 aliphatic carbocycles. The number of carbonyl (C=O) groups is 1. The first-order valence-corrected chi connectivity index (χ1v) is 7.28. The maximum atomic E-state index is 12.1. The van der Waals surface area contributed by atoms with Crippen LogP contribution in [0, 0.1) is 0 Å². The van der Waals surface area contributed by atoms with Crippen LogP contribution in [0.1, 0.15) is 23.5 Å². The number of thiophene rings is 1. The Labute approximate surface area is 114 Å². The Morgan fingerprint density at radius 3 is 3.00 bits per heavy atom. The highest BCUT2D eigenvalue weighted by Gasteiger charge is 2.28. The second-order valence-electron chi connectivity index (χ2n) is 4.84. The molecule has 0 aromatic carbocycles. The van der Waals surface area contributed by atoms with Crippen LogP contribution in [0.2, 0.25) is 0 Å². The van der Waals surface area contributed by atoms with Crippen molar-refractivity contribution in [1.82, 2.24) is 4.90 Å². The summed E-state index contributed by atoms with van der Waals surface area (Å²) in [5.41, 5.74) is -0.148. The summed E-state index contributed by atoms with van der Waals surface area (Å²) in [6.45, 7) is 6.94. The zero-order valence-corrected chi connectivity index (χ0v) is 12.4. The number of hydrogen-bond acceptors (Lipinski definition) is 4. The molecule has 2 rings (SSSR count). The van der Waals surface area contributed by atoms with Crippen molar-refractivity contribution in [2.45, 2.75) is 19.4 Å². The highest BCUT2D eigenvalue weighted by Crippen LogP contribution is 2.24. The van der Waals surface area contributed by atoms with Gasteiger partial charge in [0.05, 0.1) is 23.6 Å². The molecule has 1 fully saturated rings. The third kappa shape index (κ3) is 3.37. The van der Waals surface area contributed by atoms with Crippen LogP contribution in [0.25, 0.3) is 0 Å². The van der Waals surface area contributed by atoms with Gasteiger partial charge in [0, 0.05) is 17.6 Å². The van der Waals surface area contributed by atoms with Crippen LogP contribution in [0.4, 0.5) is 0 Å². The number of ketones is 1. The van der Waals surface area contributed by atoms with Gasteiger partial charge in [0.15, 0.2) is 5.78 Å². The van der Waals surface area contributed by atoms with E-state index in [2.05, 4.69) is 34.7 Å². The van der Waals surface area contributed by atoms with E-state index in [4.69, 9.17) is 4.74 Å². The molecule has 94 valence electrons. The maximum absolute atomic E-state index is 12.1. The predicted octanol–water partition coefficient (Wildman–Crippen LogP) is 2.80. The fourth-order valence-corrected chi connectivity index (χ4v) is 3.54. The summed E-state index contributed by atoms with van der Waals surface area (Å²) in [5.74, 6) is 0.185. The fraction of sp³-hybridized carbons (Fsp3) is 0.583. The summed E-state index contributed by atoms with van der Waals surface area (Å²) in [6.07, 6.45) is 0. The standard InChI is InChI=1S/C12H16BrNO2S/c1-12(2)8-14(4-5-16-12)7-10(15)11-9(13)3-6-17-11/h3,6H,4-5,7-8H2,1-2H3. The van der Waals surface area contributed by atoms with E-state index in [-0.39, 0.29) is 11.4 Å². The summed E-state index contributed by atoms with van der Waals surface area (Å²) in [6, 6.07) is 1.92. The van der Waals surface area contributed by atoms with Crippen molar-refractivity contribution in [3.05, 3.63) is 20.8 Å². The molecule has 1 aliphatic rings. The van der Waals surface area contributed by atoms with E-state index in [1.54, 1.807) is 0 Å². The molecule has 0 radical (unpaired) electrons. The van der Waals surface area contributed by atoms with Crippen LogP contribution in [-0.4, -0.2) is 42.5 Å². The second kappa shape index (κ2) is 5.18. The van der Waals surface area contributed by atoms with Gasteiger partial charge in [-0.15, -0.1) is 11.3 Å². The summed E-state index contributed by atoms with van der Waals surface area (Å²) >= 11 is 4.89. The molecule has 1 aromatic rings.